The van der Waals surface area contributed by atoms with Crippen molar-refractivity contribution in [3.8, 4) is 0 Å². The summed E-state index contributed by atoms with van der Waals surface area (Å²) in [7, 11) is 0. The average molecular weight is 340 g/mol. The summed E-state index contributed by atoms with van der Waals surface area (Å²) < 4.78 is 38.0. The van der Waals surface area contributed by atoms with Gasteiger partial charge in [-0.3, -0.25) is 4.79 Å². The molecule has 0 aliphatic rings. The van der Waals surface area contributed by atoms with Gasteiger partial charge in [0.25, 0.3) is 5.91 Å². The fourth-order valence-electron chi connectivity index (χ4n) is 1.42. The van der Waals surface area contributed by atoms with E-state index in [1.54, 1.807) is 6.92 Å². The van der Waals surface area contributed by atoms with Crippen LogP contribution >= 0.6 is 15.9 Å². The van der Waals surface area contributed by atoms with E-state index >= 15 is 0 Å². The van der Waals surface area contributed by atoms with Gasteiger partial charge in [-0.2, -0.15) is 13.2 Å². The molecule has 0 unspecified atom stereocenters. The molecule has 0 fully saturated rings. The fourth-order valence-corrected chi connectivity index (χ4v) is 1.84. The van der Waals surface area contributed by atoms with E-state index in [4.69, 9.17) is 5.11 Å². The number of carbonyl (C=O) groups excluding carboxylic acids is 1. The topological polar surface area (TPSA) is 49.3 Å². The van der Waals surface area contributed by atoms with Crippen LogP contribution in [0.3, 0.4) is 0 Å². The van der Waals surface area contributed by atoms with Gasteiger partial charge in [0.05, 0.1) is 23.8 Å². The molecule has 0 spiro atoms. The Bertz CT molecular complexity index is 459. The number of nitrogens with one attached hydrogen (secondary N) is 1. The van der Waals surface area contributed by atoms with Gasteiger partial charge in [0, 0.05) is 4.47 Å². The molecule has 0 radical (unpaired) electrons. The predicted octanol–water partition coefficient (Wildman–Crippen LogP) is 2.97. The van der Waals surface area contributed by atoms with Crippen LogP contribution in [0.2, 0.25) is 0 Å². The third-order valence-corrected chi connectivity index (χ3v) is 3.28. The average Bonchev–Trinajstić information content (AvgIpc) is 2.34. The Labute approximate surface area is 116 Å². The Hall–Kier alpha value is -1.08. The van der Waals surface area contributed by atoms with E-state index < -0.39 is 23.7 Å². The lowest BCUT2D eigenvalue weighted by Gasteiger charge is -2.15. The first-order chi connectivity index (χ1) is 8.79. The molecule has 1 aromatic rings. The number of benzene rings is 1. The minimum atomic E-state index is -4.50. The zero-order chi connectivity index (χ0) is 14.6. The standard InChI is InChI=1S/C12H13BrF3NO2/c1-2-8(6-18)17-11(19)9-5-7(12(14,15)16)3-4-10(9)13/h3-5,8,18H,2,6H2,1H3,(H,17,19)/t8-/m1/s1. The zero-order valence-corrected chi connectivity index (χ0v) is 11.7. The zero-order valence-electron chi connectivity index (χ0n) is 10.1. The predicted molar refractivity (Wildman–Crippen MR) is 67.8 cm³/mol. The Morgan fingerprint density at radius 2 is 2.11 bits per heavy atom. The normalized spacial score (nSPS) is 13.2. The lowest BCUT2D eigenvalue weighted by molar-refractivity contribution is -0.137. The highest BCUT2D eigenvalue weighted by atomic mass is 79.9. The van der Waals surface area contributed by atoms with Gasteiger partial charge >= 0.3 is 6.18 Å². The highest BCUT2D eigenvalue weighted by molar-refractivity contribution is 9.10. The van der Waals surface area contributed by atoms with Crippen molar-refractivity contribution in [2.75, 3.05) is 6.61 Å². The van der Waals surface area contributed by atoms with Crippen LogP contribution in [0, 0.1) is 0 Å². The Balaban J connectivity index is 3.02. The molecule has 106 valence electrons. The molecule has 7 heteroatoms. The van der Waals surface area contributed by atoms with Crippen molar-refractivity contribution in [2.24, 2.45) is 0 Å². The van der Waals surface area contributed by atoms with E-state index in [9.17, 15) is 18.0 Å². The third kappa shape index (κ3) is 4.21. The molecule has 0 heterocycles. The van der Waals surface area contributed by atoms with Crippen LogP contribution in [0.25, 0.3) is 0 Å². The van der Waals surface area contributed by atoms with Crippen LogP contribution in [0.5, 0.6) is 0 Å². The minimum absolute atomic E-state index is 0.110. The molecule has 1 atom stereocenters. The second kappa shape index (κ2) is 6.38. The van der Waals surface area contributed by atoms with E-state index in [1.807, 2.05) is 0 Å². The summed E-state index contributed by atoms with van der Waals surface area (Å²) in [6.45, 7) is 1.49. The van der Waals surface area contributed by atoms with Gasteiger partial charge in [-0.1, -0.05) is 6.92 Å². The number of aliphatic hydroxyl groups excluding tert-OH is 1. The summed E-state index contributed by atoms with van der Waals surface area (Å²) in [5.41, 5.74) is -1.00. The second-order valence-corrected chi connectivity index (χ2v) is 4.81. The Kier molecular flexibility index (Phi) is 5.37. The van der Waals surface area contributed by atoms with Gasteiger partial charge in [0.2, 0.25) is 0 Å². The number of rotatable bonds is 4. The molecular weight excluding hydrogens is 327 g/mol. The van der Waals surface area contributed by atoms with E-state index in [-0.39, 0.29) is 16.6 Å². The SMILES string of the molecule is CC[C@H](CO)NC(=O)c1cc(C(F)(F)F)ccc1Br. The fraction of sp³-hybridized carbons (Fsp3) is 0.417. The first-order valence-electron chi connectivity index (χ1n) is 5.58. The number of aliphatic hydroxyl groups is 1. The Morgan fingerprint density at radius 3 is 2.58 bits per heavy atom. The first kappa shape index (κ1) is 16.0. The summed E-state index contributed by atoms with van der Waals surface area (Å²) in [4.78, 5) is 11.9. The quantitative estimate of drug-likeness (QED) is 0.885. The molecule has 3 nitrogen and oxygen atoms in total. The molecule has 0 saturated heterocycles. The van der Waals surface area contributed by atoms with Crippen molar-refractivity contribution in [2.45, 2.75) is 25.6 Å². The van der Waals surface area contributed by atoms with Crippen molar-refractivity contribution in [3.05, 3.63) is 33.8 Å². The van der Waals surface area contributed by atoms with Crippen molar-refractivity contribution < 1.29 is 23.1 Å². The molecule has 0 saturated carbocycles. The largest absolute Gasteiger partial charge is 0.416 e. The van der Waals surface area contributed by atoms with Crippen LogP contribution in [0.4, 0.5) is 13.2 Å². The Morgan fingerprint density at radius 1 is 1.47 bits per heavy atom. The number of carbonyl (C=O) groups is 1. The molecule has 1 amide bonds. The molecule has 0 aliphatic carbocycles. The monoisotopic (exact) mass is 339 g/mol. The van der Waals surface area contributed by atoms with E-state index in [2.05, 4.69) is 21.2 Å². The first-order valence-corrected chi connectivity index (χ1v) is 6.37. The molecule has 0 aliphatic heterocycles. The maximum Gasteiger partial charge on any atom is 0.416 e. The van der Waals surface area contributed by atoms with Crippen LogP contribution in [0.15, 0.2) is 22.7 Å². The number of amides is 1. The molecule has 1 aromatic carbocycles. The van der Waals surface area contributed by atoms with E-state index in [1.165, 1.54) is 6.07 Å². The molecule has 19 heavy (non-hydrogen) atoms. The number of halogens is 4. The van der Waals surface area contributed by atoms with Gasteiger partial charge < -0.3 is 10.4 Å². The smallest absolute Gasteiger partial charge is 0.394 e. The highest BCUT2D eigenvalue weighted by Gasteiger charge is 2.31. The van der Waals surface area contributed by atoms with E-state index in [0.717, 1.165) is 12.1 Å². The highest BCUT2D eigenvalue weighted by Crippen LogP contribution is 2.31. The third-order valence-electron chi connectivity index (χ3n) is 2.59. The van der Waals surface area contributed by atoms with Crippen LogP contribution in [0.1, 0.15) is 29.3 Å². The lowest BCUT2D eigenvalue weighted by Crippen LogP contribution is -2.37. The van der Waals surface area contributed by atoms with Crippen molar-refractivity contribution in [3.63, 3.8) is 0 Å². The molecule has 0 aromatic heterocycles. The summed E-state index contributed by atoms with van der Waals surface area (Å²) in [6.07, 6.45) is -4.02. The van der Waals surface area contributed by atoms with Crippen molar-refractivity contribution in [1.82, 2.24) is 5.32 Å². The van der Waals surface area contributed by atoms with Crippen LogP contribution in [-0.4, -0.2) is 23.7 Å². The van der Waals surface area contributed by atoms with Crippen molar-refractivity contribution >= 4 is 21.8 Å². The summed E-state index contributed by atoms with van der Waals surface area (Å²) in [5, 5.41) is 11.4. The molecule has 2 N–H and O–H groups in total. The number of hydrogen-bond donors (Lipinski definition) is 2. The van der Waals surface area contributed by atoms with Gasteiger partial charge in [-0.15, -0.1) is 0 Å². The van der Waals surface area contributed by atoms with Gasteiger partial charge in [0.15, 0.2) is 0 Å². The van der Waals surface area contributed by atoms with Crippen molar-refractivity contribution in [1.29, 1.82) is 0 Å². The maximum atomic E-state index is 12.6. The maximum absolute atomic E-state index is 12.6. The minimum Gasteiger partial charge on any atom is -0.394 e. The lowest BCUT2D eigenvalue weighted by atomic mass is 10.1. The molecule has 1 rings (SSSR count). The van der Waals surface area contributed by atoms with Crippen LogP contribution < -0.4 is 5.32 Å². The summed E-state index contributed by atoms with van der Waals surface area (Å²) in [5.74, 6) is -0.654. The van der Waals surface area contributed by atoms with Crippen LogP contribution in [-0.2, 0) is 6.18 Å². The van der Waals surface area contributed by atoms with E-state index in [0.29, 0.717) is 6.42 Å². The molecule has 0 bridgehead atoms. The van der Waals surface area contributed by atoms with Gasteiger partial charge in [0.1, 0.15) is 0 Å². The van der Waals surface area contributed by atoms with Gasteiger partial charge in [-0.25, -0.2) is 0 Å². The number of alkyl halides is 3. The summed E-state index contributed by atoms with van der Waals surface area (Å²) >= 11 is 3.04. The second-order valence-electron chi connectivity index (χ2n) is 3.95. The number of hydrogen-bond acceptors (Lipinski definition) is 2. The summed E-state index contributed by atoms with van der Waals surface area (Å²) in [6, 6.07) is 2.37. The van der Waals surface area contributed by atoms with Gasteiger partial charge in [-0.05, 0) is 40.5 Å². The molecular formula is C12H13BrF3NO2.